The van der Waals surface area contributed by atoms with Crippen molar-refractivity contribution in [2.24, 2.45) is 5.92 Å². The predicted molar refractivity (Wildman–Crippen MR) is 77.1 cm³/mol. The monoisotopic (exact) mass is 291 g/mol. The summed E-state index contributed by atoms with van der Waals surface area (Å²) in [6.07, 6.45) is 1.06. The molecular formula is C16H18FNO3. The van der Waals surface area contributed by atoms with Gasteiger partial charge in [0.1, 0.15) is 5.82 Å². The zero-order valence-corrected chi connectivity index (χ0v) is 11.9. The van der Waals surface area contributed by atoms with Crippen molar-refractivity contribution in [1.82, 2.24) is 0 Å². The normalized spacial score (nSPS) is 20.7. The van der Waals surface area contributed by atoms with E-state index in [1.807, 2.05) is 6.92 Å². The number of aliphatic hydroxyl groups excluding tert-OH is 1. The number of hydrogen-bond acceptors (Lipinski definition) is 3. The van der Waals surface area contributed by atoms with E-state index < -0.39 is 5.82 Å². The molecule has 1 amide bonds. The molecule has 0 saturated carbocycles. The summed E-state index contributed by atoms with van der Waals surface area (Å²) >= 11 is 0. The Morgan fingerprint density at radius 3 is 3.00 bits per heavy atom. The Morgan fingerprint density at radius 2 is 2.38 bits per heavy atom. The van der Waals surface area contributed by atoms with E-state index in [1.165, 1.54) is 12.1 Å². The highest BCUT2D eigenvalue weighted by Crippen LogP contribution is 2.22. The number of nitrogens with one attached hydrogen (secondary N) is 1. The van der Waals surface area contributed by atoms with Gasteiger partial charge in [0, 0.05) is 12.0 Å². The summed E-state index contributed by atoms with van der Waals surface area (Å²) in [7, 11) is 0. The highest BCUT2D eigenvalue weighted by molar-refractivity contribution is 5.93. The molecule has 2 unspecified atom stereocenters. The van der Waals surface area contributed by atoms with Crippen molar-refractivity contribution in [1.29, 1.82) is 0 Å². The Kier molecular flexibility index (Phi) is 5.32. The maximum absolute atomic E-state index is 13.9. The minimum Gasteiger partial charge on any atom is -0.395 e. The van der Waals surface area contributed by atoms with Gasteiger partial charge in [-0.05, 0) is 31.5 Å². The van der Waals surface area contributed by atoms with E-state index in [0.29, 0.717) is 25.0 Å². The fraction of sp³-hybridized carbons (Fsp3) is 0.438. The highest BCUT2D eigenvalue weighted by Gasteiger charge is 2.28. The molecule has 2 rings (SSSR count). The van der Waals surface area contributed by atoms with E-state index in [-0.39, 0.29) is 30.2 Å². The van der Waals surface area contributed by atoms with E-state index in [2.05, 4.69) is 17.2 Å². The minimum atomic E-state index is -0.522. The average molecular weight is 291 g/mol. The first-order chi connectivity index (χ1) is 10.1. The third kappa shape index (κ3) is 4.28. The second kappa shape index (κ2) is 7.21. The molecule has 0 aliphatic carbocycles. The molecule has 1 heterocycles. The minimum absolute atomic E-state index is 0.0223. The van der Waals surface area contributed by atoms with Gasteiger partial charge in [-0.25, -0.2) is 4.39 Å². The molecule has 1 aromatic rings. The lowest BCUT2D eigenvalue weighted by Gasteiger charge is -2.10. The van der Waals surface area contributed by atoms with Crippen LogP contribution in [0.4, 0.5) is 10.1 Å². The third-order valence-electron chi connectivity index (χ3n) is 3.27. The van der Waals surface area contributed by atoms with Crippen LogP contribution in [0, 0.1) is 23.6 Å². The number of anilines is 1. The number of aliphatic hydroxyl groups is 1. The Bertz CT molecular complexity index is 577. The zero-order valence-electron chi connectivity index (χ0n) is 11.9. The Hall–Kier alpha value is -1.90. The lowest BCUT2D eigenvalue weighted by Crippen LogP contribution is -2.23. The van der Waals surface area contributed by atoms with Crippen LogP contribution in [0.25, 0.3) is 0 Å². The number of carbonyl (C=O) groups excluding carboxylic acids is 1. The van der Waals surface area contributed by atoms with E-state index in [0.717, 1.165) is 0 Å². The Balaban J connectivity index is 2.01. The summed E-state index contributed by atoms with van der Waals surface area (Å²) < 4.78 is 19.3. The summed E-state index contributed by atoms with van der Waals surface area (Å²) in [4.78, 5) is 12.0. The summed E-state index contributed by atoms with van der Waals surface area (Å²) in [5, 5.41) is 11.2. The molecule has 5 heteroatoms. The molecule has 0 aromatic heterocycles. The Labute approximate surface area is 123 Å². The van der Waals surface area contributed by atoms with Gasteiger partial charge in [-0.15, -0.1) is 0 Å². The molecule has 4 nitrogen and oxygen atoms in total. The van der Waals surface area contributed by atoms with E-state index in [1.54, 1.807) is 6.07 Å². The van der Waals surface area contributed by atoms with Crippen LogP contribution in [-0.2, 0) is 9.53 Å². The molecule has 0 spiro atoms. The fourth-order valence-corrected chi connectivity index (χ4v) is 2.15. The van der Waals surface area contributed by atoms with Crippen molar-refractivity contribution in [2.75, 3.05) is 18.5 Å². The fourth-order valence-electron chi connectivity index (χ4n) is 2.15. The quantitative estimate of drug-likeness (QED) is 0.837. The number of hydrogen-bond donors (Lipinski definition) is 2. The van der Waals surface area contributed by atoms with Crippen molar-refractivity contribution < 1.29 is 19.0 Å². The molecule has 2 atom stereocenters. The summed E-state index contributed by atoms with van der Waals surface area (Å²) in [5.41, 5.74) is 0.657. The molecule has 112 valence electrons. The second-order valence-electron chi connectivity index (χ2n) is 5.04. The number of rotatable bonds is 3. The van der Waals surface area contributed by atoms with E-state index >= 15 is 0 Å². The van der Waals surface area contributed by atoms with Crippen LogP contribution >= 0.6 is 0 Å². The van der Waals surface area contributed by atoms with E-state index in [9.17, 15) is 9.18 Å². The van der Waals surface area contributed by atoms with Crippen molar-refractivity contribution in [3.63, 3.8) is 0 Å². The lowest BCUT2D eigenvalue weighted by molar-refractivity contribution is -0.119. The molecule has 0 bridgehead atoms. The largest absolute Gasteiger partial charge is 0.395 e. The van der Waals surface area contributed by atoms with Crippen molar-refractivity contribution in [3.8, 4) is 11.8 Å². The van der Waals surface area contributed by atoms with Gasteiger partial charge in [-0.1, -0.05) is 11.8 Å². The molecule has 1 aliphatic rings. The summed E-state index contributed by atoms with van der Waals surface area (Å²) in [6, 6.07) is 4.40. The van der Waals surface area contributed by atoms with Crippen LogP contribution < -0.4 is 5.32 Å². The lowest BCUT2D eigenvalue weighted by atomic mass is 10.1. The molecule has 1 fully saturated rings. The molecule has 2 N–H and O–H groups in total. The number of halogens is 1. The van der Waals surface area contributed by atoms with Crippen molar-refractivity contribution in [3.05, 3.63) is 29.6 Å². The first kappa shape index (κ1) is 15.5. The topological polar surface area (TPSA) is 58.6 Å². The molecule has 1 saturated heterocycles. The standard InChI is InChI=1S/C16H18FNO3/c1-11-8-13(10-21-11)16(20)18-15-6-5-12(9-14(15)17)4-2-3-7-19/h5-6,9,11,13,19H,3,7-8,10H2,1H3,(H,18,20). The van der Waals surface area contributed by atoms with Gasteiger partial charge in [0.2, 0.25) is 5.91 Å². The third-order valence-corrected chi connectivity index (χ3v) is 3.27. The maximum Gasteiger partial charge on any atom is 0.229 e. The number of ether oxygens (including phenoxy) is 1. The first-order valence-electron chi connectivity index (χ1n) is 6.92. The van der Waals surface area contributed by atoms with Crippen molar-refractivity contribution in [2.45, 2.75) is 25.9 Å². The van der Waals surface area contributed by atoms with Crippen LogP contribution in [0.2, 0.25) is 0 Å². The summed E-state index contributed by atoms with van der Waals surface area (Å²) in [5.74, 6) is 4.48. The first-order valence-corrected chi connectivity index (χ1v) is 6.92. The molecule has 21 heavy (non-hydrogen) atoms. The zero-order chi connectivity index (χ0) is 15.2. The van der Waals surface area contributed by atoms with Crippen LogP contribution in [0.1, 0.15) is 25.3 Å². The molecular weight excluding hydrogens is 273 g/mol. The summed E-state index contributed by atoms with van der Waals surface area (Å²) in [6.45, 7) is 2.26. The molecule has 1 aliphatic heterocycles. The van der Waals surface area contributed by atoms with Gasteiger partial charge in [0.05, 0.1) is 30.9 Å². The molecule has 1 aromatic carbocycles. The second-order valence-corrected chi connectivity index (χ2v) is 5.04. The molecule has 0 radical (unpaired) electrons. The van der Waals surface area contributed by atoms with Crippen molar-refractivity contribution >= 4 is 11.6 Å². The number of amides is 1. The van der Waals surface area contributed by atoms with Gasteiger partial charge in [0.25, 0.3) is 0 Å². The van der Waals surface area contributed by atoms with Gasteiger partial charge >= 0.3 is 0 Å². The van der Waals surface area contributed by atoms with Gasteiger partial charge < -0.3 is 15.2 Å². The van der Waals surface area contributed by atoms with Crippen LogP contribution in [0.3, 0.4) is 0 Å². The van der Waals surface area contributed by atoms with Gasteiger partial charge in [-0.2, -0.15) is 0 Å². The predicted octanol–water partition coefficient (Wildman–Crippen LogP) is 1.92. The highest BCUT2D eigenvalue weighted by atomic mass is 19.1. The van der Waals surface area contributed by atoms with E-state index in [4.69, 9.17) is 9.84 Å². The van der Waals surface area contributed by atoms with Crippen LogP contribution in [-0.4, -0.2) is 30.3 Å². The Morgan fingerprint density at radius 1 is 1.57 bits per heavy atom. The van der Waals surface area contributed by atoms with Crippen LogP contribution in [0.15, 0.2) is 18.2 Å². The number of carbonyl (C=O) groups is 1. The SMILES string of the molecule is CC1CC(C(=O)Nc2ccc(C#CCCO)cc2F)CO1. The average Bonchev–Trinajstić information content (AvgIpc) is 2.89. The van der Waals surface area contributed by atoms with Crippen LogP contribution in [0.5, 0.6) is 0 Å². The smallest absolute Gasteiger partial charge is 0.229 e. The van der Waals surface area contributed by atoms with Gasteiger partial charge in [0.15, 0.2) is 0 Å². The maximum atomic E-state index is 13.9. The number of benzene rings is 1. The van der Waals surface area contributed by atoms with Gasteiger partial charge in [-0.3, -0.25) is 4.79 Å².